The minimum Gasteiger partial charge on any atom is -0.207 e. The second kappa shape index (κ2) is 5.79. The zero-order valence-electron chi connectivity index (χ0n) is 9.44. The molecule has 0 spiro atoms. The number of alkyl halides is 1. The largest absolute Gasteiger partial charge is 0.243 e. The maximum absolute atomic E-state index is 12.4. The molecule has 0 radical (unpaired) electrons. The smallest absolute Gasteiger partial charge is 0.207 e. The lowest BCUT2D eigenvalue weighted by Crippen LogP contribution is -2.38. The van der Waals surface area contributed by atoms with Crippen LogP contribution in [0.15, 0.2) is 27.6 Å². The van der Waals surface area contributed by atoms with Crippen molar-refractivity contribution < 1.29 is 8.42 Å². The molecule has 18 heavy (non-hydrogen) atoms. The van der Waals surface area contributed by atoms with Gasteiger partial charge >= 0.3 is 0 Å². The third-order valence-corrected chi connectivity index (χ3v) is 6.94. The molecule has 1 aliphatic heterocycles. The van der Waals surface area contributed by atoms with E-state index in [-0.39, 0.29) is 4.90 Å². The lowest BCUT2D eigenvalue weighted by Gasteiger charge is -2.28. The normalized spacial score (nSPS) is 19.1. The van der Waals surface area contributed by atoms with Crippen LogP contribution in [0.2, 0.25) is 5.02 Å². The van der Waals surface area contributed by atoms with Crippen LogP contribution in [0.4, 0.5) is 0 Å². The van der Waals surface area contributed by atoms with Crippen molar-refractivity contribution >= 4 is 53.5 Å². The number of rotatable bonds is 2. The van der Waals surface area contributed by atoms with Gasteiger partial charge in [0.25, 0.3) is 0 Å². The molecule has 0 atom stereocenters. The molecule has 100 valence electrons. The van der Waals surface area contributed by atoms with Crippen molar-refractivity contribution in [3.05, 3.63) is 27.7 Å². The van der Waals surface area contributed by atoms with Gasteiger partial charge in [-0.3, -0.25) is 0 Å². The first kappa shape index (κ1) is 14.8. The Morgan fingerprint density at radius 1 is 1.28 bits per heavy atom. The monoisotopic (exact) mass is 415 g/mol. The molecule has 1 aromatic rings. The van der Waals surface area contributed by atoms with Crippen molar-refractivity contribution in [1.29, 1.82) is 0 Å². The average molecular weight is 418 g/mol. The number of sulfonamides is 1. The molecule has 7 heteroatoms. The van der Waals surface area contributed by atoms with Crippen LogP contribution in [0, 0.1) is 0 Å². The second-order valence-electron chi connectivity index (χ2n) is 4.15. The van der Waals surface area contributed by atoms with Gasteiger partial charge in [0, 0.05) is 22.4 Å². The molecule has 3 nitrogen and oxygen atoms in total. The van der Waals surface area contributed by atoms with E-state index in [4.69, 9.17) is 11.6 Å². The van der Waals surface area contributed by atoms with Crippen molar-refractivity contribution in [2.45, 2.75) is 22.6 Å². The van der Waals surface area contributed by atoms with Gasteiger partial charge in [-0.05, 0) is 47.0 Å². The van der Waals surface area contributed by atoms with Crippen LogP contribution in [0.5, 0.6) is 0 Å². The topological polar surface area (TPSA) is 37.4 Å². The maximum Gasteiger partial charge on any atom is 0.243 e. The van der Waals surface area contributed by atoms with E-state index >= 15 is 0 Å². The van der Waals surface area contributed by atoms with E-state index in [1.165, 1.54) is 4.31 Å². The summed E-state index contributed by atoms with van der Waals surface area (Å²) in [5.41, 5.74) is 0. The first-order chi connectivity index (χ1) is 8.41. The standard InChI is InChI=1S/C11H12Br2ClNO2S/c12-8-3-5-15(6-4-8)18(16,17)9-1-2-11(14)10(13)7-9/h1-2,7-8H,3-6H2. The number of hydrogen-bond acceptors (Lipinski definition) is 2. The average Bonchev–Trinajstić information content (AvgIpc) is 2.33. The molecule has 1 saturated heterocycles. The minimum atomic E-state index is -3.40. The lowest BCUT2D eigenvalue weighted by molar-refractivity contribution is 0.354. The van der Waals surface area contributed by atoms with Gasteiger partial charge in [0.15, 0.2) is 0 Å². The summed E-state index contributed by atoms with van der Waals surface area (Å²) >= 11 is 12.6. The van der Waals surface area contributed by atoms with Crippen LogP contribution in [-0.4, -0.2) is 30.6 Å². The number of piperidine rings is 1. The Kier molecular flexibility index (Phi) is 4.75. The van der Waals surface area contributed by atoms with Gasteiger partial charge in [-0.2, -0.15) is 4.31 Å². The summed E-state index contributed by atoms with van der Waals surface area (Å²) in [6.07, 6.45) is 1.68. The van der Waals surface area contributed by atoms with Crippen LogP contribution in [0.3, 0.4) is 0 Å². The summed E-state index contributed by atoms with van der Waals surface area (Å²) in [7, 11) is -3.40. The van der Waals surface area contributed by atoms with Gasteiger partial charge in [0.2, 0.25) is 10.0 Å². The summed E-state index contributed by atoms with van der Waals surface area (Å²) in [6.45, 7) is 1.11. The summed E-state index contributed by atoms with van der Waals surface area (Å²) in [5.74, 6) is 0. The highest BCUT2D eigenvalue weighted by Gasteiger charge is 2.28. The van der Waals surface area contributed by atoms with Crippen molar-refractivity contribution in [1.82, 2.24) is 4.31 Å². The SMILES string of the molecule is O=S(=O)(c1ccc(Cl)c(Br)c1)N1CCC(Br)CC1. The van der Waals surface area contributed by atoms with E-state index in [1.807, 2.05) is 0 Å². The molecular formula is C11H12Br2ClNO2S. The van der Waals surface area contributed by atoms with E-state index in [1.54, 1.807) is 18.2 Å². The zero-order chi connectivity index (χ0) is 13.3. The second-order valence-corrected chi connectivity index (χ2v) is 8.65. The Hall–Kier alpha value is 0.380. The molecule has 1 aromatic carbocycles. The Balaban J connectivity index is 2.27. The van der Waals surface area contributed by atoms with Crippen molar-refractivity contribution in [3.63, 3.8) is 0 Å². The summed E-state index contributed by atoms with van der Waals surface area (Å²) in [4.78, 5) is 0.702. The summed E-state index contributed by atoms with van der Waals surface area (Å²) in [5, 5.41) is 0.508. The fourth-order valence-corrected chi connectivity index (χ4v) is 4.40. The van der Waals surface area contributed by atoms with Crippen LogP contribution >= 0.6 is 43.5 Å². The van der Waals surface area contributed by atoms with Gasteiger partial charge in [-0.15, -0.1) is 0 Å². The molecule has 1 aliphatic rings. The molecule has 0 saturated carbocycles. The van der Waals surface area contributed by atoms with Crippen molar-refractivity contribution in [2.75, 3.05) is 13.1 Å². The van der Waals surface area contributed by atoms with Crippen LogP contribution in [0.1, 0.15) is 12.8 Å². The quantitative estimate of drug-likeness (QED) is 0.689. The van der Waals surface area contributed by atoms with E-state index < -0.39 is 10.0 Å². The molecule has 0 aromatic heterocycles. The fourth-order valence-electron chi connectivity index (χ4n) is 1.85. The highest BCUT2D eigenvalue weighted by atomic mass is 79.9. The van der Waals surface area contributed by atoms with Crippen molar-refractivity contribution in [2.24, 2.45) is 0 Å². The highest BCUT2D eigenvalue weighted by Crippen LogP contribution is 2.28. The maximum atomic E-state index is 12.4. The molecule has 0 N–H and O–H groups in total. The molecular weight excluding hydrogens is 405 g/mol. The van der Waals surface area contributed by atoms with Gasteiger partial charge < -0.3 is 0 Å². The highest BCUT2D eigenvalue weighted by molar-refractivity contribution is 9.10. The number of benzene rings is 1. The molecule has 0 bridgehead atoms. The van der Waals surface area contributed by atoms with Gasteiger partial charge in [0.1, 0.15) is 0 Å². The van der Waals surface area contributed by atoms with Crippen molar-refractivity contribution in [3.8, 4) is 0 Å². The summed E-state index contributed by atoms with van der Waals surface area (Å²) < 4.78 is 26.9. The number of nitrogens with zero attached hydrogens (tertiary/aromatic N) is 1. The zero-order valence-corrected chi connectivity index (χ0v) is 14.2. The van der Waals surface area contributed by atoms with Gasteiger partial charge in [-0.1, -0.05) is 27.5 Å². The number of hydrogen-bond donors (Lipinski definition) is 0. The number of halogens is 3. The van der Waals surface area contributed by atoms with E-state index in [0.29, 0.717) is 27.4 Å². The Morgan fingerprint density at radius 2 is 1.89 bits per heavy atom. The Labute approximate surface area is 129 Å². The predicted octanol–water partition coefficient (Wildman–Crippen LogP) is 3.65. The molecule has 1 fully saturated rings. The lowest BCUT2D eigenvalue weighted by atomic mass is 10.2. The first-order valence-corrected chi connectivity index (χ1v) is 9.03. The van der Waals surface area contributed by atoms with Crippen LogP contribution in [0.25, 0.3) is 0 Å². The predicted molar refractivity (Wildman–Crippen MR) is 79.9 cm³/mol. The van der Waals surface area contributed by atoms with Crippen LogP contribution < -0.4 is 0 Å². The first-order valence-electron chi connectivity index (χ1n) is 5.50. The van der Waals surface area contributed by atoms with Gasteiger partial charge in [0.05, 0.1) is 9.92 Å². The van der Waals surface area contributed by atoms with E-state index in [2.05, 4.69) is 31.9 Å². The Bertz CT molecular complexity index is 542. The molecule has 2 rings (SSSR count). The van der Waals surface area contributed by atoms with Gasteiger partial charge in [-0.25, -0.2) is 8.42 Å². The summed E-state index contributed by atoms with van der Waals surface area (Å²) in [6, 6.07) is 4.69. The Morgan fingerprint density at radius 3 is 2.44 bits per heavy atom. The third kappa shape index (κ3) is 3.10. The van der Waals surface area contributed by atoms with E-state index in [0.717, 1.165) is 12.8 Å². The molecule has 0 amide bonds. The molecule has 0 unspecified atom stereocenters. The fraction of sp³-hybridized carbons (Fsp3) is 0.455. The molecule has 1 heterocycles. The van der Waals surface area contributed by atoms with Crippen LogP contribution in [-0.2, 0) is 10.0 Å². The third-order valence-electron chi connectivity index (χ3n) is 2.91. The van der Waals surface area contributed by atoms with E-state index in [9.17, 15) is 8.42 Å². The minimum absolute atomic E-state index is 0.284. The molecule has 0 aliphatic carbocycles.